The number of nitrogens with one attached hydrogen (secondary N) is 1. The zero-order valence-electron chi connectivity index (χ0n) is 6.82. The Labute approximate surface area is 82.5 Å². The summed E-state index contributed by atoms with van der Waals surface area (Å²) in [5, 5.41) is 0.217. The topological polar surface area (TPSA) is 15.8 Å². The van der Waals surface area contributed by atoms with Gasteiger partial charge in [-0.2, -0.15) is 13.2 Å². The second-order valence-electron chi connectivity index (χ2n) is 2.86. The molecule has 1 N–H and O–H groups in total. The zero-order chi connectivity index (χ0) is 10.3. The lowest BCUT2D eigenvalue weighted by molar-refractivity contribution is -0.136. The standard InChI is InChI=1S/C9H5ClF3N/c10-6-2-1-5-3-4-14-8(5)7(6)9(11,12)13/h1-4,14H. The molecule has 74 valence electrons. The van der Waals surface area contributed by atoms with Crippen LogP contribution in [0, 0.1) is 0 Å². The number of fused-ring (bicyclic) bond motifs is 1. The number of rotatable bonds is 0. The maximum atomic E-state index is 12.6. The first kappa shape index (κ1) is 9.40. The third-order valence-corrected chi connectivity index (χ3v) is 2.28. The average molecular weight is 220 g/mol. The quantitative estimate of drug-likeness (QED) is 0.693. The lowest BCUT2D eigenvalue weighted by Gasteiger charge is -2.09. The summed E-state index contributed by atoms with van der Waals surface area (Å²) in [6.07, 6.45) is -2.97. The Morgan fingerprint density at radius 2 is 1.86 bits per heavy atom. The van der Waals surface area contributed by atoms with E-state index in [1.165, 1.54) is 12.3 Å². The van der Waals surface area contributed by atoms with E-state index in [2.05, 4.69) is 4.98 Å². The Balaban J connectivity index is 2.83. The smallest absolute Gasteiger partial charge is 0.361 e. The Morgan fingerprint density at radius 1 is 1.14 bits per heavy atom. The van der Waals surface area contributed by atoms with Crippen molar-refractivity contribution in [2.75, 3.05) is 0 Å². The molecule has 0 aliphatic heterocycles. The molecule has 14 heavy (non-hydrogen) atoms. The Hall–Kier alpha value is -1.16. The second kappa shape index (κ2) is 2.92. The average Bonchev–Trinajstić information content (AvgIpc) is 2.48. The maximum Gasteiger partial charge on any atom is 0.419 e. The number of aromatic amines is 1. The van der Waals surface area contributed by atoms with Crippen LogP contribution in [0.3, 0.4) is 0 Å². The van der Waals surface area contributed by atoms with E-state index in [9.17, 15) is 13.2 Å². The summed E-state index contributed by atoms with van der Waals surface area (Å²) in [5.74, 6) is 0. The summed E-state index contributed by atoms with van der Waals surface area (Å²) in [6.45, 7) is 0. The molecule has 0 bridgehead atoms. The van der Waals surface area contributed by atoms with E-state index in [1.807, 2.05) is 0 Å². The summed E-state index contributed by atoms with van der Waals surface area (Å²) in [5.41, 5.74) is -0.772. The molecule has 0 aliphatic carbocycles. The first-order valence-electron chi connectivity index (χ1n) is 3.83. The summed E-state index contributed by atoms with van der Waals surface area (Å²) in [7, 11) is 0. The van der Waals surface area contributed by atoms with E-state index in [1.54, 1.807) is 12.1 Å². The fourth-order valence-electron chi connectivity index (χ4n) is 1.38. The van der Waals surface area contributed by atoms with Crippen molar-refractivity contribution in [1.29, 1.82) is 0 Å². The van der Waals surface area contributed by atoms with E-state index in [0.717, 1.165) is 0 Å². The monoisotopic (exact) mass is 219 g/mol. The lowest BCUT2D eigenvalue weighted by Crippen LogP contribution is -2.06. The third kappa shape index (κ3) is 1.35. The summed E-state index contributed by atoms with van der Waals surface area (Å²) in [4.78, 5) is 2.53. The van der Waals surface area contributed by atoms with Crippen LogP contribution in [0.5, 0.6) is 0 Å². The highest BCUT2D eigenvalue weighted by atomic mass is 35.5. The van der Waals surface area contributed by atoms with E-state index >= 15 is 0 Å². The number of hydrogen-bond donors (Lipinski definition) is 1. The summed E-state index contributed by atoms with van der Waals surface area (Å²) < 4.78 is 37.7. The van der Waals surface area contributed by atoms with Gasteiger partial charge in [-0.3, -0.25) is 0 Å². The molecule has 0 aliphatic rings. The molecular weight excluding hydrogens is 215 g/mol. The van der Waals surface area contributed by atoms with Gasteiger partial charge in [0.15, 0.2) is 0 Å². The van der Waals surface area contributed by atoms with Crippen LogP contribution in [0.1, 0.15) is 5.56 Å². The van der Waals surface area contributed by atoms with Crippen molar-refractivity contribution >= 4 is 22.5 Å². The Kier molecular flexibility index (Phi) is 1.96. The van der Waals surface area contributed by atoms with Crippen LogP contribution in [0.15, 0.2) is 24.4 Å². The molecule has 1 aromatic carbocycles. The minimum absolute atomic E-state index is 0.0324. The van der Waals surface area contributed by atoms with E-state index in [0.29, 0.717) is 5.39 Å². The van der Waals surface area contributed by atoms with E-state index < -0.39 is 11.7 Å². The van der Waals surface area contributed by atoms with Gasteiger partial charge in [-0.05, 0) is 12.1 Å². The van der Waals surface area contributed by atoms with Crippen LogP contribution in [0.2, 0.25) is 5.02 Å². The Morgan fingerprint density at radius 3 is 2.50 bits per heavy atom. The highest BCUT2D eigenvalue weighted by Gasteiger charge is 2.35. The Bertz CT molecular complexity index is 472. The maximum absolute atomic E-state index is 12.6. The van der Waals surface area contributed by atoms with Crippen molar-refractivity contribution in [3.8, 4) is 0 Å². The predicted molar refractivity (Wildman–Crippen MR) is 48.3 cm³/mol. The van der Waals surface area contributed by atoms with Crippen molar-refractivity contribution in [2.24, 2.45) is 0 Å². The second-order valence-corrected chi connectivity index (χ2v) is 3.27. The normalized spacial score (nSPS) is 12.3. The van der Waals surface area contributed by atoms with Gasteiger partial charge in [0.1, 0.15) is 0 Å². The van der Waals surface area contributed by atoms with Crippen molar-refractivity contribution < 1.29 is 13.2 Å². The molecule has 1 aromatic heterocycles. The van der Waals surface area contributed by atoms with Gasteiger partial charge in [0.2, 0.25) is 0 Å². The molecule has 0 atom stereocenters. The van der Waals surface area contributed by atoms with Gasteiger partial charge in [0, 0.05) is 11.6 Å². The molecule has 1 nitrogen and oxygen atoms in total. The van der Waals surface area contributed by atoms with Crippen LogP contribution >= 0.6 is 11.6 Å². The lowest BCUT2D eigenvalue weighted by atomic mass is 10.1. The largest absolute Gasteiger partial charge is 0.419 e. The highest BCUT2D eigenvalue weighted by Crippen LogP contribution is 2.38. The van der Waals surface area contributed by atoms with Gasteiger partial charge in [-0.15, -0.1) is 0 Å². The molecule has 1 heterocycles. The molecule has 0 saturated carbocycles. The van der Waals surface area contributed by atoms with Crippen molar-refractivity contribution in [3.63, 3.8) is 0 Å². The third-order valence-electron chi connectivity index (χ3n) is 1.96. The number of alkyl halides is 3. The summed E-state index contributed by atoms with van der Waals surface area (Å²) >= 11 is 5.50. The van der Waals surface area contributed by atoms with E-state index in [4.69, 9.17) is 11.6 Å². The number of aromatic nitrogens is 1. The van der Waals surface area contributed by atoms with Crippen LogP contribution in [-0.4, -0.2) is 4.98 Å². The molecule has 0 unspecified atom stereocenters. The first-order valence-corrected chi connectivity index (χ1v) is 4.21. The van der Waals surface area contributed by atoms with Crippen LogP contribution < -0.4 is 0 Å². The summed E-state index contributed by atoms with van der Waals surface area (Å²) in [6, 6.07) is 4.37. The molecule has 2 rings (SSSR count). The van der Waals surface area contributed by atoms with Gasteiger partial charge >= 0.3 is 6.18 Å². The van der Waals surface area contributed by atoms with Gasteiger partial charge in [-0.25, -0.2) is 0 Å². The fraction of sp³-hybridized carbons (Fsp3) is 0.111. The molecule has 0 spiro atoms. The van der Waals surface area contributed by atoms with E-state index in [-0.39, 0.29) is 10.5 Å². The van der Waals surface area contributed by atoms with Gasteiger partial charge < -0.3 is 4.98 Å². The zero-order valence-corrected chi connectivity index (χ0v) is 7.58. The molecular formula is C9H5ClF3N. The molecule has 0 amide bonds. The van der Waals surface area contributed by atoms with Gasteiger partial charge in [0.25, 0.3) is 0 Å². The minimum Gasteiger partial charge on any atom is -0.361 e. The predicted octanol–water partition coefficient (Wildman–Crippen LogP) is 3.84. The molecule has 0 fully saturated rings. The van der Waals surface area contributed by atoms with Crippen molar-refractivity contribution in [3.05, 3.63) is 35.0 Å². The number of hydrogen-bond acceptors (Lipinski definition) is 0. The number of halogens is 4. The highest BCUT2D eigenvalue weighted by molar-refractivity contribution is 6.32. The molecule has 0 saturated heterocycles. The molecule has 2 aromatic rings. The van der Waals surface area contributed by atoms with Gasteiger partial charge in [-0.1, -0.05) is 17.7 Å². The van der Waals surface area contributed by atoms with Crippen molar-refractivity contribution in [1.82, 2.24) is 4.98 Å². The SMILES string of the molecule is FC(F)(F)c1c(Cl)ccc2cc[nH]c12. The van der Waals surface area contributed by atoms with Crippen LogP contribution in [-0.2, 0) is 6.18 Å². The first-order chi connectivity index (χ1) is 6.50. The van der Waals surface area contributed by atoms with Crippen LogP contribution in [0.25, 0.3) is 10.9 Å². The number of benzene rings is 1. The van der Waals surface area contributed by atoms with Crippen LogP contribution in [0.4, 0.5) is 13.2 Å². The number of H-pyrrole nitrogens is 1. The minimum atomic E-state index is -4.43. The molecule has 0 radical (unpaired) electrons. The molecule has 5 heteroatoms. The van der Waals surface area contributed by atoms with Crippen molar-refractivity contribution in [2.45, 2.75) is 6.18 Å². The van der Waals surface area contributed by atoms with Gasteiger partial charge in [0.05, 0.1) is 16.1 Å². The fourth-order valence-corrected chi connectivity index (χ4v) is 1.64.